The fourth-order valence-electron chi connectivity index (χ4n) is 3.42. The Morgan fingerprint density at radius 2 is 1.90 bits per heavy atom. The second-order valence-corrected chi connectivity index (χ2v) is 7.59. The Balaban J connectivity index is 1.27. The third kappa shape index (κ3) is 4.90. The molecular formula is C20H20ClF3N4O3. The summed E-state index contributed by atoms with van der Waals surface area (Å²) in [4.78, 5) is 19.8. The maximum absolute atomic E-state index is 12.8. The molecule has 1 fully saturated rings. The van der Waals surface area contributed by atoms with Crippen molar-refractivity contribution in [2.45, 2.75) is 12.3 Å². The summed E-state index contributed by atoms with van der Waals surface area (Å²) in [7, 11) is 0. The monoisotopic (exact) mass is 456 g/mol. The number of hydrogen-bond acceptors (Lipinski definition) is 5. The normalized spacial score (nSPS) is 18.6. The molecule has 1 aromatic carbocycles. The zero-order valence-electron chi connectivity index (χ0n) is 16.4. The lowest BCUT2D eigenvalue weighted by atomic mass is 10.2. The lowest BCUT2D eigenvalue weighted by Crippen LogP contribution is -2.53. The standard InChI is InChI=1S/C20H20ClF3N4O3/c21-15-9-13(20(22,23)24)10-25-18(15)27-5-7-28(8-6-27)19(29)26-11-14-12-30-16-3-1-2-4-17(16)31-14/h1-4,9-10,14H,5-8,11-12H2,(H,26,29). The maximum atomic E-state index is 12.8. The van der Waals surface area contributed by atoms with Crippen molar-refractivity contribution in [3.05, 3.63) is 47.1 Å². The van der Waals surface area contributed by atoms with E-state index in [4.69, 9.17) is 21.1 Å². The highest BCUT2D eigenvalue weighted by atomic mass is 35.5. The van der Waals surface area contributed by atoms with Crippen LogP contribution in [0.3, 0.4) is 0 Å². The van der Waals surface area contributed by atoms with Gasteiger partial charge in [-0.1, -0.05) is 23.7 Å². The lowest BCUT2D eigenvalue weighted by molar-refractivity contribution is -0.137. The van der Waals surface area contributed by atoms with E-state index in [2.05, 4.69) is 10.3 Å². The van der Waals surface area contributed by atoms with Crippen LogP contribution in [0.15, 0.2) is 36.5 Å². The molecule has 0 saturated carbocycles. The summed E-state index contributed by atoms with van der Waals surface area (Å²) in [5.74, 6) is 1.60. The Bertz CT molecular complexity index is 952. The van der Waals surface area contributed by atoms with Crippen molar-refractivity contribution in [1.82, 2.24) is 15.2 Å². The number of ether oxygens (including phenoxy) is 2. The van der Waals surface area contributed by atoms with Crippen LogP contribution in [-0.4, -0.2) is 61.3 Å². The van der Waals surface area contributed by atoms with Crippen LogP contribution in [0.2, 0.25) is 5.02 Å². The lowest BCUT2D eigenvalue weighted by Gasteiger charge is -2.36. The van der Waals surface area contributed by atoms with E-state index in [0.29, 0.717) is 50.8 Å². The van der Waals surface area contributed by atoms with Gasteiger partial charge in [0.25, 0.3) is 0 Å². The predicted octanol–water partition coefficient (Wildman–Crippen LogP) is 3.43. The Kier molecular flexibility index (Phi) is 5.99. The molecule has 2 aliphatic rings. The number of benzene rings is 1. The van der Waals surface area contributed by atoms with Crippen LogP contribution in [0.25, 0.3) is 0 Å². The number of amides is 2. The molecule has 0 aliphatic carbocycles. The number of pyridine rings is 1. The molecule has 2 aliphatic heterocycles. The van der Waals surface area contributed by atoms with Gasteiger partial charge < -0.3 is 24.6 Å². The number of rotatable bonds is 3. The maximum Gasteiger partial charge on any atom is 0.417 e. The molecular weight excluding hydrogens is 437 g/mol. The SMILES string of the molecule is O=C(NCC1COc2ccccc2O1)N1CCN(c2ncc(C(F)(F)F)cc2Cl)CC1. The number of hydrogen-bond donors (Lipinski definition) is 1. The molecule has 31 heavy (non-hydrogen) atoms. The molecule has 3 heterocycles. The minimum atomic E-state index is -4.50. The first kappa shape index (κ1) is 21.4. The summed E-state index contributed by atoms with van der Waals surface area (Å²) in [6, 6.07) is 7.96. The minimum absolute atomic E-state index is 0.0672. The molecule has 1 atom stereocenters. The highest BCUT2D eigenvalue weighted by Crippen LogP contribution is 2.34. The van der Waals surface area contributed by atoms with E-state index in [-0.39, 0.29) is 23.0 Å². The number of urea groups is 1. The summed E-state index contributed by atoms with van der Waals surface area (Å²) in [5, 5.41) is 2.77. The number of fused-ring (bicyclic) bond motifs is 1. The molecule has 166 valence electrons. The van der Waals surface area contributed by atoms with E-state index in [9.17, 15) is 18.0 Å². The summed E-state index contributed by atoms with van der Waals surface area (Å²) in [6.45, 7) is 2.21. The first-order valence-corrected chi connectivity index (χ1v) is 10.1. The van der Waals surface area contributed by atoms with Crippen molar-refractivity contribution in [2.75, 3.05) is 44.2 Å². The highest BCUT2D eigenvalue weighted by molar-refractivity contribution is 6.33. The van der Waals surface area contributed by atoms with E-state index in [1.54, 1.807) is 9.80 Å². The van der Waals surface area contributed by atoms with Crippen molar-refractivity contribution in [2.24, 2.45) is 0 Å². The number of carbonyl (C=O) groups is 1. The van der Waals surface area contributed by atoms with E-state index >= 15 is 0 Å². The highest BCUT2D eigenvalue weighted by Gasteiger charge is 2.32. The van der Waals surface area contributed by atoms with Gasteiger partial charge in [0.2, 0.25) is 0 Å². The van der Waals surface area contributed by atoms with Crippen LogP contribution in [0.1, 0.15) is 5.56 Å². The molecule has 2 aromatic rings. The summed E-state index contributed by atoms with van der Waals surface area (Å²) < 4.78 is 49.8. The molecule has 7 nitrogen and oxygen atoms in total. The molecule has 0 radical (unpaired) electrons. The van der Waals surface area contributed by atoms with Gasteiger partial charge in [0.15, 0.2) is 17.6 Å². The molecule has 1 unspecified atom stereocenters. The van der Waals surface area contributed by atoms with Gasteiger partial charge >= 0.3 is 12.2 Å². The number of anilines is 1. The van der Waals surface area contributed by atoms with Crippen molar-refractivity contribution in [1.29, 1.82) is 0 Å². The zero-order valence-corrected chi connectivity index (χ0v) is 17.1. The van der Waals surface area contributed by atoms with Gasteiger partial charge in [-0.15, -0.1) is 0 Å². The van der Waals surface area contributed by atoms with Crippen LogP contribution in [0.5, 0.6) is 11.5 Å². The van der Waals surface area contributed by atoms with E-state index in [1.165, 1.54) is 0 Å². The molecule has 1 aromatic heterocycles. The van der Waals surface area contributed by atoms with E-state index in [1.807, 2.05) is 24.3 Å². The van der Waals surface area contributed by atoms with Crippen LogP contribution in [0.4, 0.5) is 23.8 Å². The second-order valence-electron chi connectivity index (χ2n) is 7.18. The fraction of sp³-hybridized carbons (Fsp3) is 0.400. The molecule has 1 saturated heterocycles. The zero-order chi connectivity index (χ0) is 22.0. The molecule has 4 rings (SSSR count). The van der Waals surface area contributed by atoms with Crippen LogP contribution >= 0.6 is 11.6 Å². The summed E-state index contributed by atoms with van der Waals surface area (Å²) in [6.07, 6.45) is -4.03. The largest absolute Gasteiger partial charge is 0.486 e. The van der Waals surface area contributed by atoms with Crippen LogP contribution in [0, 0.1) is 0 Å². The average Bonchev–Trinajstić information content (AvgIpc) is 2.77. The number of carbonyl (C=O) groups excluding carboxylic acids is 1. The predicted molar refractivity (Wildman–Crippen MR) is 108 cm³/mol. The number of para-hydroxylation sites is 2. The minimum Gasteiger partial charge on any atom is -0.486 e. The first-order chi connectivity index (χ1) is 14.8. The third-order valence-corrected chi connectivity index (χ3v) is 5.34. The average molecular weight is 457 g/mol. The molecule has 2 amide bonds. The van der Waals surface area contributed by atoms with Crippen molar-refractivity contribution >= 4 is 23.4 Å². The third-order valence-electron chi connectivity index (χ3n) is 5.06. The Morgan fingerprint density at radius 3 is 2.58 bits per heavy atom. The fourth-order valence-corrected chi connectivity index (χ4v) is 3.70. The number of piperazine rings is 1. The quantitative estimate of drug-likeness (QED) is 0.766. The van der Waals surface area contributed by atoms with Crippen molar-refractivity contribution < 1.29 is 27.4 Å². The Morgan fingerprint density at radius 1 is 1.19 bits per heavy atom. The Labute approximate surface area is 181 Å². The van der Waals surface area contributed by atoms with Crippen LogP contribution < -0.4 is 19.7 Å². The van der Waals surface area contributed by atoms with Gasteiger partial charge in [-0.05, 0) is 18.2 Å². The van der Waals surface area contributed by atoms with E-state index < -0.39 is 11.7 Å². The van der Waals surface area contributed by atoms with Gasteiger partial charge in [0, 0.05) is 32.4 Å². The number of alkyl halides is 3. The van der Waals surface area contributed by atoms with Gasteiger partial charge in [-0.25, -0.2) is 9.78 Å². The first-order valence-electron chi connectivity index (χ1n) is 9.70. The van der Waals surface area contributed by atoms with Gasteiger partial charge in [-0.3, -0.25) is 0 Å². The molecule has 11 heteroatoms. The number of halogens is 4. The molecule has 0 bridgehead atoms. The van der Waals surface area contributed by atoms with Gasteiger partial charge in [0.1, 0.15) is 12.4 Å². The topological polar surface area (TPSA) is 66.9 Å². The van der Waals surface area contributed by atoms with Crippen LogP contribution in [-0.2, 0) is 6.18 Å². The van der Waals surface area contributed by atoms with Gasteiger partial charge in [0.05, 0.1) is 17.1 Å². The molecule has 0 spiro atoms. The van der Waals surface area contributed by atoms with Crippen molar-refractivity contribution in [3.63, 3.8) is 0 Å². The smallest absolute Gasteiger partial charge is 0.417 e. The number of nitrogens with zero attached hydrogens (tertiary/aromatic N) is 3. The molecule has 1 N–H and O–H groups in total. The number of aromatic nitrogens is 1. The van der Waals surface area contributed by atoms with Crippen molar-refractivity contribution in [3.8, 4) is 11.5 Å². The van der Waals surface area contributed by atoms with E-state index in [0.717, 1.165) is 12.3 Å². The van der Waals surface area contributed by atoms with Gasteiger partial charge in [-0.2, -0.15) is 13.2 Å². The second kappa shape index (κ2) is 8.70. The summed E-state index contributed by atoms with van der Waals surface area (Å²) in [5.41, 5.74) is -0.893. The Hall–Kier alpha value is -2.88. The summed E-state index contributed by atoms with van der Waals surface area (Å²) >= 11 is 6.02. The number of nitrogens with one attached hydrogen (secondary N) is 1.